The molecule has 0 spiro atoms. The van der Waals surface area contributed by atoms with Crippen LogP contribution in [0.2, 0.25) is 5.02 Å². The Morgan fingerprint density at radius 3 is 2.40 bits per heavy atom. The van der Waals surface area contributed by atoms with E-state index in [1.807, 2.05) is 0 Å². The fourth-order valence-corrected chi connectivity index (χ4v) is 1.69. The number of ether oxygens (including phenoxy) is 1. The van der Waals surface area contributed by atoms with Gasteiger partial charge in [0.25, 0.3) is 0 Å². The van der Waals surface area contributed by atoms with Gasteiger partial charge in [-0.2, -0.15) is 0 Å². The Kier molecular flexibility index (Phi) is 4.05. The number of nitrogens with two attached hydrogens (primary N) is 1. The van der Waals surface area contributed by atoms with Crippen molar-refractivity contribution in [1.29, 1.82) is 0 Å². The Bertz CT molecular complexity index is 654. The lowest BCUT2D eigenvalue weighted by Gasteiger charge is -2.09. The Morgan fingerprint density at radius 2 is 1.85 bits per heavy atom. The van der Waals surface area contributed by atoms with E-state index in [4.69, 9.17) is 27.3 Å². The van der Waals surface area contributed by atoms with E-state index in [-0.39, 0.29) is 11.3 Å². The summed E-state index contributed by atoms with van der Waals surface area (Å²) >= 11 is 5.75. The van der Waals surface area contributed by atoms with E-state index in [1.165, 1.54) is 12.1 Å². The highest BCUT2D eigenvalue weighted by atomic mass is 35.5. The summed E-state index contributed by atoms with van der Waals surface area (Å²) < 4.78 is 32.7. The fourth-order valence-electron chi connectivity index (χ4n) is 1.51. The standard InChI is InChI=1S/C13H9ClF2N2O2/c14-8-2-1-3-9(6-8)20-12-10(15)4-7(5-11(12)16)13(17)18-19/h1-6,19H,(H2,17,18). The fraction of sp³-hybridized carbons (Fsp3) is 0. The van der Waals surface area contributed by atoms with Crippen LogP contribution < -0.4 is 10.5 Å². The summed E-state index contributed by atoms with van der Waals surface area (Å²) in [5.41, 5.74) is 5.17. The van der Waals surface area contributed by atoms with E-state index in [0.29, 0.717) is 5.02 Å². The number of rotatable bonds is 3. The van der Waals surface area contributed by atoms with E-state index >= 15 is 0 Å². The molecule has 0 aliphatic rings. The van der Waals surface area contributed by atoms with Crippen LogP contribution in [0.3, 0.4) is 0 Å². The second kappa shape index (κ2) is 5.75. The van der Waals surface area contributed by atoms with Crippen LogP contribution in [0.25, 0.3) is 0 Å². The smallest absolute Gasteiger partial charge is 0.198 e. The third-order valence-electron chi connectivity index (χ3n) is 2.42. The molecule has 20 heavy (non-hydrogen) atoms. The monoisotopic (exact) mass is 298 g/mol. The van der Waals surface area contributed by atoms with Crippen LogP contribution in [0, 0.1) is 11.6 Å². The Hall–Kier alpha value is -2.34. The highest BCUT2D eigenvalue weighted by Crippen LogP contribution is 2.29. The van der Waals surface area contributed by atoms with Crippen LogP contribution in [-0.2, 0) is 0 Å². The third kappa shape index (κ3) is 2.97. The molecule has 0 amide bonds. The van der Waals surface area contributed by atoms with Crippen molar-refractivity contribution in [3.8, 4) is 11.5 Å². The molecule has 0 aromatic heterocycles. The zero-order chi connectivity index (χ0) is 14.7. The minimum atomic E-state index is -0.980. The van der Waals surface area contributed by atoms with Crippen molar-refractivity contribution < 1.29 is 18.7 Å². The first kappa shape index (κ1) is 14.1. The molecule has 0 saturated carbocycles. The number of hydrogen-bond donors (Lipinski definition) is 2. The summed E-state index contributed by atoms with van der Waals surface area (Å²) in [5, 5.41) is 11.5. The van der Waals surface area contributed by atoms with Crippen molar-refractivity contribution in [2.75, 3.05) is 0 Å². The third-order valence-corrected chi connectivity index (χ3v) is 2.65. The van der Waals surface area contributed by atoms with E-state index in [9.17, 15) is 8.78 Å². The molecule has 2 aromatic rings. The molecular formula is C13H9ClF2N2O2. The number of benzene rings is 2. The van der Waals surface area contributed by atoms with Gasteiger partial charge in [0.15, 0.2) is 23.2 Å². The Balaban J connectivity index is 2.38. The molecule has 0 fully saturated rings. The van der Waals surface area contributed by atoms with Crippen LogP contribution in [0.5, 0.6) is 11.5 Å². The van der Waals surface area contributed by atoms with Crippen molar-refractivity contribution in [2.24, 2.45) is 10.9 Å². The van der Waals surface area contributed by atoms with Gasteiger partial charge in [-0.05, 0) is 30.3 Å². The molecule has 0 aliphatic heterocycles. The number of nitrogens with zero attached hydrogens (tertiary/aromatic N) is 1. The maximum Gasteiger partial charge on any atom is 0.198 e. The van der Waals surface area contributed by atoms with Crippen molar-refractivity contribution in [1.82, 2.24) is 0 Å². The predicted molar refractivity (Wildman–Crippen MR) is 70.4 cm³/mol. The summed E-state index contributed by atoms with van der Waals surface area (Å²) in [5.74, 6) is -2.77. The van der Waals surface area contributed by atoms with Gasteiger partial charge in [-0.3, -0.25) is 0 Å². The van der Waals surface area contributed by atoms with Crippen LogP contribution in [0.1, 0.15) is 5.56 Å². The second-order valence-corrected chi connectivity index (χ2v) is 4.25. The van der Waals surface area contributed by atoms with Crippen LogP contribution in [0.4, 0.5) is 8.78 Å². The minimum Gasteiger partial charge on any atom is -0.451 e. The highest BCUT2D eigenvalue weighted by Gasteiger charge is 2.15. The quantitative estimate of drug-likeness (QED) is 0.394. The number of halogens is 3. The topological polar surface area (TPSA) is 67.8 Å². The van der Waals surface area contributed by atoms with E-state index in [2.05, 4.69) is 5.16 Å². The summed E-state index contributed by atoms with van der Waals surface area (Å²) in [6, 6.07) is 7.90. The first-order chi connectivity index (χ1) is 9.51. The van der Waals surface area contributed by atoms with Gasteiger partial charge in [0, 0.05) is 10.6 Å². The molecule has 0 atom stereocenters. The molecule has 0 radical (unpaired) electrons. The second-order valence-electron chi connectivity index (χ2n) is 3.81. The number of hydrogen-bond acceptors (Lipinski definition) is 3. The van der Waals surface area contributed by atoms with Gasteiger partial charge >= 0.3 is 0 Å². The first-order valence-electron chi connectivity index (χ1n) is 5.41. The summed E-state index contributed by atoms with van der Waals surface area (Å²) in [4.78, 5) is 0. The van der Waals surface area contributed by atoms with Crippen molar-refractivity contribution in [2.45, 2.75) is 0 Å². The normalized spacial score (nSPS) is 11.4. The minimum absolute atomic E-state index is 0.0963. The molecule has 0 bridgehead atoms. The molecule has 2 rings (SSSR count). The summed E-state index contributed by atoms with van der Waals surface area (Å²) in [7, 11) is 0. The van der Waals surface area contributed by atoms with Crippen LogP contribution >= 0.6 is 11.6 Å². The van der Waals surface area contributed by atoms with Crippen LogP contribution in [0.15, 0.2) is 41.6 Å². The molecule has 0 unspecified atom stereocenters. The number of oxime groups is 1. The van der Waals surface area contributed by atoms with Gasteiger partial charge in [0.2, 0.25) is 0 Å². The molecule has 4 nitrogen and oxygen atoms in total. The zero-order valence-electron chi connectivity index (χ0n) is 9.98. The first-order valence-corrected chi connectivity index (χ1v) is 5.79. The molecule has 0 heterocycles. The van der Waals surface area contributed by atoms with E-state index in [1.54, 1.807) is 12.1 Å². The molecule has 2 aromatic carbocycles. The maximum atomic E-state index is 13.8. The van der Waals surface area contributed by atoms with E-state index in [0.717, 1.165) is 12.1 Å². The molecule has 3 N–H and O–H groups in total. The molecular weight excluding hydrogens is 290 g/mol. The molecule has 0 saturated heterocycles. The lowest BCUT2D eigenvalue weighted by molar-refractivity contribution is 0.318. The zero-order valence-corrected chi connectivity index (χ0v) is 10.7. The van der Waals surface area contributed by atoms with Gasteiger partial charge in [-0.15, -0.1) is 0 Å². The van der Waals surface area contributed by atoms with Crippen molar-refractivity contribution in [3.05, 3.63) is 58.6 Å². The van der Waals surface area contributed by atoms with Gasteiger partial charge < -0.3 is 15.7 Å². The number of amidine groups is 1. The van der Waals surface area contributed by atoms with Crippen LogP contribution in [-0.4, -0.2) is 11.0 Å². The Morgan fingerprint density at radius 1 is 1.20 bits per heavy atom. The van der Waals surface area contributed by atoms with Crippen molar-refractivity contribution >= 4 is 17.4 Å². The SMILES string of the molecule is N/C(=N/O)c1cc(F)c(Oc2cccc(Cl)c2)c(F)c1. The highest BCUT2D eigenvalue weighted by molar-refractivity contribution is 6.30. The maximum absolute atomic E-state index is 13.8. The van der Waals surface area contributed by atoms with Crippen molar-refractivity contribution in [3.63, 3.8) is 0 Å². The molecule has 7 heteroatoms. The van der Waals surface area contributed by atoms with Gasteiger partial charge in [-0.25, -0.2) is 8.78 Å². The van der Waals surface area contributed by atoms with Gasteiger partial charge in [0.05, 0.1) is 0 Å². The molecule has 0 aliphatic carbocycles. The summed E-state index contributed by atoms with van der Waals surface area (Å²) in [6.07, 6.45) is 0. The predicted octanol–water partition coefficient (Wildman–Crippen LogP) is 3.51. The summed E-state index contributed by atoms with van der Waals surface area (Å²) in [6.45, 7) is 0. The van der Waals surface area contributed by atoms with E-state index < -0.39 is 23.2 Å². The average Bonchev–Trinajstić information content (AvgIpc) is 2.42. The lowest BCUT2D eigenvalue weighted by atomic mass is 10.2. The average molecular weight is 299 g/mol. The van der Waals surface area contributed by atoms with Gasteiger partial charge in [0.1, 0.15) is 5.75 Å². The Labute approximate surface area is 118 Å². The van der Waals surface area contributed by atoms with Gasteiger partial charge in [-0.1, -0.05) is 22.8 Å². The molecule has 104 valence electrons. The largest absolute Gasteiger partial charge is 0.451 e. The lowest BCUT2D eigenvalue weighted by Crippen LogP contribution is -2.14.